The Morgan fingerprint density at radius 1 is 1.42 bits per heavy atom. The van der Waals surface area contributed by atoms with E-state index >= 15 is 0 Å². The zero-order valence-corrected chi connectivity index (χ0v) is 8.68. The van der Waals surface area contributed by atoms with Crippen molar-refractivity contribution in [3.05, 3.63) is 36.5 Å². The van der Waals surface area contributed by atoms with Crippen molar-refractivity contribution in [1.29, 1.82) is 0 Å². The molecule has 0 saturated heterocycles. The van der Waals surface area contributed by atoms with E-state index < -0.39 is 0 Å². The Labute approximate surface area is 76.4 Å². The summed E-state index contributed by atoms with van der Waals surface area (Å²) >= 11 is 0. The molecule has 12 heavy (non-hydrogen) atoms. The molecule has 0 aliphatic heterocycles. The van der Waals surface area contributed by atoms with Crippen molar-refractivity contribution in [3.63, 3.8) is 0 Å². The summed E-state index contributed by atoms with van der Waals surface area (Å²) in [5.74, 6) is 0. The van der Waals surface area contributed by atoms with E-state index in [1.807, 2.05) is 26.8 Å². The van der Waals surface area contributed by atoms with Gasteiger partial charge in [-0.3, -0.25) is 0 Å². The molecule has 0 aromatic carbocycles. The molecule has 0 amide bonds. The quantitative estimate of drug-likeness (QED) is 0.585. The molecule has 0 aliphatic rings. The van der Waals surface area contributed by atoms with Gasteiger partial charge in [-0.25, -0.2) is 0 Å². The summed E-state index contributed by atoms with van der Waals surface area (Å²) in [6, 6.07) is 0. The standard InChI is InChI=1S/C9H14O.C2H6/c1-5-9(7-10-4)6-8(2)3;1-2/h5-6H,1-2,7H2,3-4H3;1-2H3/b9-6+;. The fourth-order valence-electron chi connectivity index (χ4n) is 0.643. The first-order chi connectivity index (χ1) is 5.70. The third kappa shape index (κ3) is 9.18. The molecule has 0 saturated carbocycles. The average Bonchev–Trinajstić information content (AvgIpc) is 2.07. The highest BCUT2D eigenvalue weighted by molar-refractivity contribution is 5.26. The van der Waals surface area contributed by atoms with Crippen LogP contribution < -0.4 is 0 Å². The van der Waals surface area contributed by atoms with Gasteiger partial charge in [-0.2, -0.15) is 0 Å². The SMILES string of the molecule is C=C/C(=C\C(=C)C)COC.CC. The van der Waals surface area contributed by atoms with Crippen LogP contribution in [0, 0.1) is 0 Å². The highest BCUT2D eigenvalue weighted by Crippen LogP contribution is 2.00. The number of allylic oxidation sites excluding steroid dienone is 2. The molecule has 0 atom stereocenters. The van der Waals surface area contributed by atoms with Crippen LogP contribution in [0.3, 0.4) is 0 Å². The minimum absolute atomic E-state index is 0.607. The van der Waals surface area contributed by atoms with E-state index in [-0.39, 0.29) is 0 Å². The van der Waals surface area contributed by atoms with Gasteiger partial charge in [-0.15, -0.1) is 0 Å². The zero-order valence-electron chi connectivity index (χ0n) is 8.68. The van der Waals surface area contributed by atoms with Gasteiger partial charge in [0, 0.05) is 7.11 Å². The predicted octanol–water partition coefficient (Wildman–Crippen LogP) is 3.35. The van der Waals surface area contributed by atoms with Crippen LogP contribution in [0.2, 0.25) is 0 Å². The van der Waals surface area contributed by atoms with Gasteiger partial charge in [-0.1, -0.05) is 44.7 Å². The Kier molecular flexibility index (Phi) is 11.7. The Bertz CT molecular complexity index is 154. The topological polar surface area (TPSA) is 9.23 Å². The number of hydrogen-bond donors (Lipinski definition) is 0. The molecule has 0 N–H and O–H groups in total. The molecule has 0 aromatic heterocycles. The van der Waals surface area contributed by atoms with Crippen molar-refractivity contribution in [2.45, 2.75) is 20.8 Å². The maximum atomic E-state index is 4.92. The number of methoxy groups -OCH3 is 1. The third-order valence-electron chi connectivity index (χ3n) is 1.00. The predicted molar refractivity (Wildman–Crippen MR) is 56.3 cm³/mol. The van der Waals surface area contributed by atoms with E-state index in [2.05, 4.69) is 13.2 Å². The van der Waals surface area contributed by atoms with Crippen LogP contribution in [-0.4, -0.2) is 13.7 Å². The molecule has 0 aromatic rings. The smallest absolute Gasteiger partial charge is 0.0712 e. The van der Waals surface area contributed by atoms with E-state index in [4.69, 9.17) is 4.74 Å². The summed E-state index contributed by atoms with van der Waals surface area (Å²) in [6.45, 7) is 13.9. The maximum absolute atomic E-state index is 4.92. The monoisotopic (exact) mass is 168 g/mol. The molecule has 1 nitrogen and oxygen atoms in total. The Morgan fingerprint density at radius 3 is 2.17 bits per heavy atom. The van der Waals surface area contributed by atoms with Crippen molar-refractivity contribution in [3.8, 4) is 0 Å². The zero-order chi connectivity index (χ0) is 9.98. The van der Waals surface area contributed by atoms with Crippen LogP contribution in [0.15, 0.2) is 36.5 Å². The van der Waals surface area contributed by atoms with E-state index in [0.29, 0.717) is 6.61 Å². The van der Waals surface area contributed by atoms with Gasteiger partial charge in [0.2, 0.25) is 0 Å². The molecular formula is C11H20O. The van der Waals surface area contributed by atoms with E-state index in [9.17, 15) is 0 Å². The molecule has 1 heteroatoms. The molecule has 0 radical (unpaired) electrons. The molecule has 0 aliphatic carbocycles. The lowest BCUT2D eigenvalue weighted by Crippen LogP contribution is -1.90. The number of ether oxygens (including phenoxy) is 1. The van der Waals surface area contributed by atoms with Gasteiger partial charge in [0.25, 0.3) is 0 Å². The van der Waals surface area contributed by atoms with Crippen LogP contribution in [0.5, 0.6) is 0 Å². The lowest BCUT2D eigenvalue weighted by atomic mass is 10.2. The van der Waals surface area contributed by atoms with Crippen molar-refractivity contribution in [2.24, 2.45) is 0 Å². The molecule has 0 unspecified atom stereocenters. The first-order valence-corrected chi connectivity index (χ1v) is 4.18. The maximum Gasteiger partial charge on any atom is 0.0712 e. The summed E-state index contributed by atoms with van der Waals surface area (Å²) in [5.41, 5.74) is 2.09. The fourth-order valence-corrected chi connectivity index (χ4v) is 0.643. The molecule has 0 heterocycles. The molecular weight excluding hydrogens is 148 g/mol. The molecule has 70 valence electrons. The van der Waals surface area contributed by atoms with E-state index in [0.717, 1.165) is 11.1 Å². The lowest BCUT2D eigenvalue weighted by molar-refractivity contribution is 0.228. The summed E-state index contributed by atoms with van der Waals surface area (Å²) in [7, 11) is 1.66. The van der Waals surface area contributed by atoms with Gasteiger partial charge in [0.05, 0.1) is 6.61 Å². The summed E-state index contributed by atoms with van der Waals surface area (Å²) < 4.78 is 4.92. The first kappa shape index (κ1) is 13.7. The fraction of sp³-hybridized carbons (Fsp3) is 0.455. The summed E-state index contributed by atoms with van der Waals surface area (Å²) in [4.78, 5) is 0. The van der Waals surface area contributed by atoms with Crippen LogP contribution in [0.4, 0.5) is 0 Å². The highest BCUT2D eigenvalue weighted by atomic mass is 16.5. The van der Waals surface area contributed by atoms with Crippen molar-refractivity contribution >= 4 is 0 Å². The second-order valence-electron chi connectivity index (χ2n) is 2.20. The number of rotatable bonds is 4. The largest absolute Gasteiger partial charge is 0.380 e. The van der Waals surface area contributed by atoms with E-state index in [1.54, 1.807) is 13.2 Å². The third-order valence-corrected chi connectivity index (χ3v) is 1.00. The van der Waals surface area contributed by atoms with Gasteiger partial charge in [-0.05, 0) is 12.5 Å². The second kappa shape index (κ2) is 10.2. The van der Waals surface area contributed by atoms with Crippen molar-refractivity contribution in [1.82, 2.24) is 0 Å². The molecule has 0 spiro atoms. The average molecular weight is 168 g/mol. The summed E-state index contributed by atoms with van der Waals surface area (Å²) in [6.07, 6.45) is 3.73. The molecule has 0 rings (SSSR count). The number of hydrogen-bond acceptors (Lipinski definition) is 1. The van der Waals surface area contributed by atoms with Gasteiger partial charge in [0.15, 0.2) is 0 Å². The Balaban J connectivity index is 0. The van der Waals surface area contributed by atoms with E-state index in [1.165, 1.54) is 0 Å². The normalized spacial score (nSPS) is 9.83. The van der Waals surface area contributed by atoms with Crippen LogP contribution in [0.1, 0.15) is 20.8 Å². The van der Waals surface area contributed by atoms with Gasteiger partial charge in [0.1, 0.15) is 0 Å². The Hall–Kier alpha value is -0.820. The van der Waals surface area contributed by atoms with Gasteiger partial charge < -0.3 is 4.74 Å². The minimum Gasteiger partial charge on any atom is -0.380 e. The Morgan fingerprint density at radius 2 is 1.92 bits per heavy atom. The molecule has 0 bridgehead atoms. The lowest BCUT2D eigenvalue weighted by Gasteiger charge is -1.98. The van der Waals surface area contributed by atoms with Crippen LogP contribution >= 0.6 is 0 Å². The van der Waals surface area contributed by atoms with Crippen molar-refractivity contribution < 1.29 is 4.74 Å². The van der Waals surface area contributed by atoms with Crippen LogP contribution in [-0.2, 0) is 4.74 Å². The summed E-state index contributed by atoms with van der Waals surface area (Å²) in [5, 5.41) is 0. The second-order valence-corrected chi connectivity index (χ2v) is 2.20. The highest BCUT2D eigenvalue weighted by Gasteiger charge is 1.88. The van der Waals surface area contributed by atoms with Gasteiger partial charge >= 0.3 is 0 Å². The molecule has 0 fully saturated rings. The van der Waals surface area contributed by atoms with Crippen LogP contribution in [0.25, 0.3) is 0 Å². The minimum atomic E-state index is 0.607. The van der Waals surface area contributed by atoms with Crippen molar-refractivity contribution in [2.75, 3.05) is 13.7 Å². The first-order valence-electron chi connectivity index (χ1n) is 4.18.